The molecule has 0 bridgehead atoms. The maximum atomic E-state index is 12.2. The van der Waals surface area contributed by atoms with Gasteiger partial charge in [0.1, 0.15) is 0 Å². The molecule has 0 unspecified atom stereocenters. The Hall–Kier alpha value is -1.61. The van der Waals surface area contributed by atoms with Crippen LogP contribution in [0.25, 0.3) is 0 Å². The van der Waals surface area contributed by atoms with Crippen molar-refractivity contribution in [2.45, 2.75) is 17.6 Å². The fourth-order valence-corrected chi connectivity index (χ4v) is 4.22. The summed E-state index contributed by atoms with van der Waals surface area (Å²) in [6.07, 6.45) is 0. The molecule has 0 aliphatic rings. The zero-order valence-corrected chi connectivity index (χ0v) is 18.2. The molecule has 146 valence electrons. The Morgan fingerprint density at radius 1 is 1.15 bits per heavy atom. The zero-order valence-electron chi connectivity index (χ0n) is 15.7. The highest BCUT2D eigenvalue weighted by Gasteiger charge is 2.17. The summed E-state index contributed by atoms with van der Waals surface area (Å²) in [5.74, 6) is 1.89. The van der Waals surface area contributed by atoms with Crippen LogP contribution in [-0.4, -0.2) is 44.2 Å². The summed E-state index contributed by atoms with van der Waals surface area (Å²) in [5, 5.41) is 6.66. The van der Waals surface area contributed by atoms with Gasteiger partial charge in [0.2, 0.25) is 10.0 Å². The number of rotatable bonds is 8. The summed E-state index contributed by atoms with van der Waals surface area (Å²) >= 11 is 7.13. The Labute approximate surface area is 171 Å². The van der Waals surface area contributed by atoms with Gasteiger partial charge in [-0.15, -0.1) is 0 Å². The van der Waals surface area contributed by atoms with Crippen LogP contribution in [0.1, 0.15) is 11.1 Å². The van der Waals surface area contributed by atoms with Crippen molar-refractivity contribution in [2.24, 2.45) is 0 Å². The number of hydrogen-bond acceptors (Lipinski definition) is 4. The Bertz CT molecular complexity index is 866. The molecule has 0 fully saturated rings. The molecule has 0 aliphatic carbocycles. The number of aryl methyl sites for hydroxylation is 1. The lowest BCUT2D eigenvalue weighted by molar-refractivity contribution is 0.521. The SMILES string of the molecule is Cc1ccc(CSCCNC(=S)Nc2cccc(S(=O)(=O)N(C)C)c2)cc1. The van der Waals surface area contributed by atoms with Gasteiger partial charge in [-0.1, -0.05) is 35.9 Å². The lowest BCUT2D eigenvalue weighted by Gasteiger charge is -2.14. The van der Waals surface area contributed by atoms with E-state index in [1.807, 2.05) is 11.8 Å². The van der Waals surface area contributed by atoms with Crippen molar-refractivity contribution in [3.05, 3.63) is 59.7 Å². The average Bonchev–Trinajstić information content (AvgIpc) is 2.63. The molecule has 0 atom stereocenters. The minimum Gasteiger partial charge on any atom is -0.362 e. The second-order valence-corrected chi connectivity index (χ2v) is 9.90. The van der Waals surface area contributed by atoms with Crippen molar-refractivity contribution in [3.8, 4) is 0 Å². The lowest BCUT2D eigenvalue weighted by Crippen LogP contribution is -2.30. The number of thiocarbonyl (C=S) groups is 1. The minimum atomic E-state index is -3.46. The predicted octanol–water partition coefficient (Wildman–Crippen LogP) is 3.47. The Kier molecular flexibility index (Phi) is 8.09. The van der Waals surface area contributed by atoms with Crippen LogP contribution in [0, 0.1) is 6.92 Å². The zero-order chi connectivity index (χ0) is 19.9. The van der Waals surface area contributed by atoms with Gasteiger partial charge in [-0.3, -0.25) is 0 Å². The fraction of sp³-hybridized carbons (Fsp3) is 0.316. The van der Waals surface area contributed by atoms with E-state index < -0.39 is 10.0 Å². The first-order valence-electron chi connectivity index (χ1n) is 8.50. The van der Waals surface area contributed by atoms with Crippen molar-refractivity contribution >= 4 is 44.8 Å². The summed E-state index contributed by atoms with van der Waals surface area (Å²) in [7, 11) is -0.443. The largest absolute Gasteiger partial charge is 0.362 e. The van der Waals surface area contributed by atoms with Crippen LogP contribution in [0.15, 0.2) is 53.4 Å². The third-order valence-corrected chi connectivity index (χ3v) is 6.88. The fourth-order valence-electron chi connectivity index (χ4n) is 2.23. The van der Waals surface area contributed by atoms with E-state index in [-0.39, 0.29) is 4.90 Å². The monoisotopic (exact) mass is 423 g/mol. The van der Waals surface area contributed by atoms with Gasteiger partial charge in [0.05, 0.1) is 4.90 Å². The molecular weight excluding hydrogens is 398 g/mol. The van der Waals surface area contributed by atoms with Crippen molar-refractivity contribution in [2.75, 3.05) is 31.7 Å². The summed E-state index contributed by atoms with van der Waals surface area (Å²) < 4.78 is 25.6. The van der Waals surface area contributed by atoms with Crippen molar-refractivity contribution in [1.82, 2.24) is 9.62 Å². The van der Waals surface area contributed by atoms with Gasteiger partial charge in [0.15, 0.2) is 5.11 Å². The van der Waals surface area contributed by atoms with Gasteiger partial charge >= 0.3 is 0 Å². The second kappa shape index (κ2) is 10.1. The summed E-state index contributed by atoms with van der Waals surface area (Å²) in [6.45, 7) is 2.82. The number of benzene rings is 2. The molecule has 5 nitrogen and oxygen atoms in total. The standard InChI is InChI=1S/C19H25N3O2S3/c1-15-7-9-16(10-8-15)14-26-12-11-20-19(25)21-17-5-4-6-18(13-17)27(23,24)22(2)3/h4-10,13H,11-12,14H2,1-3H3,(H2,20,21,25). The summed E-state index contributed by atoms with van der Waals surface area (Å²) in [4.78, 5) is 0.231. The van der Waals surface area contributed by atoms with Crippen molar-refractivity contribution < 1.29 is 8.42 Å². The highest BCUT2D eigenvalue weighted by Crippen LogP contribution is 2.18. The van der Waals surface area contributed by atoms with E-state index in [2.05, 4.69) is 41.8 Å². The smallest absolute Gasteiger partial charge is 0.242 e. The number of hydrogen-bond donors (Lipinski definition) is 2. The number of anilines is 1. The maximum Gasteiger partial charge on any atom is 0.242 e. The topological polar surface area (TPSA) is 61.4 Å². The summed E-state index contributed by atoms with van der Waals surface area (Å²) in [5.41, 5.74) is 3.22. The van der Waals surface area contributed by atoms with E-state index in [9.17, 15) is 8.42 Å². The first-order valence-corrected chi connectivity index (χ1v) is 11.5. The van der Waals surface area contributed by atoms with Crippen LogP contribution in [0.4, 0.5) is 5.69 Å². The summed E-state index contributed by atoms with van der Waals surface area (Å²) in [6, 6.07) is 15.2. The van der Waals surface area contributed by atoms with Gasteiger partial charge in [-0.25, -0.2) is 12.7 Å². The average molecular weight is 424 g/mol. The second-order valence-electron chi connectivity index (χ2n) is 6.23. The number of thioether (sulfide) groups is 1. The highest BCUT2D eigenvalue weighted by molar-refractivity contribution is 7.98. The molecule has 0 spiro atoms. The Balaban J connectivity index is 1.76. The molecule has 0 heterocycles. The van der Waals surface area contributed by atoms with Crippen molar-refractivity contribution in [3.63, 3.8) is 0 Å². The van der Waals surface area contributed by atoms with Crippen LogP contribution in [0.3, 0.4) is 0 Å². The lowest BCUT2D eigenvalue weighted by atomic mass is 10.2. The van der Waals surface area contributed by atoms with E-state index in [1.54, 1.807) is 24.3 Å². The van der Waals surface area contributed by atoms with E-state index >= 15 is 0 Å². The molecular formula is C19H25N3O2S3. The number of nitrogens with one attached hydrogen (secondary N) is 2. The maximum absolute atomic E-state index is 12.2. The van der Waals surface area contributed by atoms with Gasteiger partial charge in [-0.05, 0) is 42.9 Å². The molecule has 2 N–H and O–H groups in total. The van der Waals surface area contributed by atoms with E-state index in [0.717, 1.165) is 18.1 Å². The van der Waals surface area contributed by atoms with E-state index in [0.29, 0.717) is 10.8 Å². The van der Waals surface area contributed by atoms with Crippen LogP contribution in [0.2, 0.25) is 0 Å². The third kappa shape index (κ3) is 6.80. The molecule has 0 aliphatic heterocycles. The van der Waals surface area contributed by atoms with E-state index in [1.165, 1.54) is 29.5 Å². The molecule has 0 saturated carbocycles. The number of nitrogens with zero attached hydrogens (tertiary/aromatic N) is 1. The predicted molar refractivity (Wildman–Crippen MR) is 119 cm³/mol. The Morgan fingerprint density at radius 2 is 1.85 bits per heavy atom. The van der Waals surface area contributed by atoms with Gasteiger partial charge in [0, 0.05) is 37.8 Å². The van der Waals surface area contributed by atoms with Gasteiger partial charge in [0.25, 0.3) is 0 Å². The molecule has 0 amide bonds. The molecule has 0 aromatic heterocycles. The quantitative estimate of drug-likeness (QED) is 0.501. The van der Waals surface area contributed by atoms with Crippen LogP contribution in [-0.2, 0) is 15.8 Å². The van der Waals surface area contributed by atoms with Crippen molar-refractivity contribution in [1.29, 1.82) is 0 Å². The molecule has 27 heavy (non-hydrogen) atoms. The first kappa shape index (κ1) is 21.7. The normalized spacial score (nSPS) is 11.4. The van der Waals surface area contributed by atoms with Gasteiger partial charge in [-0.2, -0.15) is 11.8 Å². The third-order valence-electron chi connectivity index (χ3n) is 3.79. The minimum absolute atomic E-state index is 0.231. The first-order chi connectivity index (χ1) is 12.8. The molecule has 2 rings (SSSR count). The van der Waals surface area contributed by atoms with Crippen LogP contribution >= 0.6 is 24.0 Å². The van der Waals surface area contributed by atoms with Crippen LogP contribution in [0.5, 0.6) is 0 Å². The molecule has 2 aromatic rings. The molecule has 0 radical (unpaired) electrons. The molecule has 8 heteroatoms. The highest BCUT2D eigenvalue weighted by atomic mass is 32.2. The Morgan fingerprint density at radius 3 is 2.52 bits per heavy atom. The molecule has 0 saturated heterocycles. The van der Waals surface area contributed by atoms with Gasteiger partial charge < -0.3 is 10.6 Å². The van der Waals surface area contributed by atoms with E-state index in [4.69, 9.17) is 12.2 Å². The molecule has 2 aromatic carbocycles. The number of sulfonamides is 1. The van der Waals surface area contributed by atoms with Crippen LogP contribution < -0.4 is 10.6 Å².